The van der Waals surface area contributed by atoms with E-state index < -0.39 is 29.7 Å². The second-order valence-corrected chi connectivity index (χ2v) is 7.26. The van der Waals surface area contributed by atoms with E-state index in [1.54, 1.807) is 32.0 Å². The SMILES string of the molecule is CCOC(=O)CC1=C(C(=O)OCC)C2(C(=O)Nc3ccc(Br)cc32)C(C#N)=C(N)O1. The monoisotopic (exact) mass is 475 g/mol. The molecule has 156 valence electrons. The van der Waals surface area contributed by atoms with Gasteiger partial charge in [0.15, 0.2) is 5.41 Å². The van der Waals surface area contributed by atoms with Crippen LogP contribution in [0.3, 0.4) is 0 Å². The van der Waals surface area contributed by atoms with Gasteiger partial charge in [0.25, 0.3) is 0 Å². The fourth-order valence-electron chi connectivity index (χ4n) is 3.60. The molecule has 30 heavy (non-hydrogen) atoms. The molecular formula is C20H18BrN3O6. The van der Waals surface area contributed by atoms with Gasteiger partial charge in [-0.1, -0.05) is 15.9 Å². The molecule has 3 rings (SSSR count). The summed E-state index contributed by atoms with van der Waals surface area (Å²) in [5, 5.41) is 12.5. The fraction of sp³-hybridized carbons (Fsp3) is 0.300. The first-order valence-corrected chi connectivity index (χ1v) is 9.86. The Morgan fingerprint density at radius 1 is 1.30 bits per heavy atom. The maximum Gasteiger partial charge on any atom is 0.339 e. The molecule has 10 heteroatoms. The van der Waals surface area contributed by atoms with Gasteiger partial charge >= 0.3 is 11.9 Å². The number of rotatable bonds is 5. The van der Waals surface area contributed by atoms with Crippen molar-refractivity contribution < 1.29 is 28.6 Å². The molecular weight excluding hydrogens is 458 g/mol. The van der Waals surface area contributed by atoms with E-state index in [1.807, 2.05) is 6.07 Å². The highest BCUT2D eigenvalue weighted by atomic mass is 79.9. The number of carbonyl (C=O) groups excluding carboxylic acids is 3. The number of anilines is 1. The first-order chi connectivity index (χ1) is 14.3. The maximum absolute atomic E-state index is 13.3. The highest BCUT2D eigenvalue weighted by molar-refractivity contribution is 9.10. The topological polar surface area (TPSA) is 141 Å². The minimum absolute atomic E-state index is 0.000850. The van der Waals surface area contributed by atoms with Crippen molar-refractivity contribution in [1.82, 2.24) is 0 Å². The predicted octanol–water partition coefficient (Wildman–Crippen LogP) is 2.13. The Morgan fingerprint density at radius 3 is 2.63 bits per heavy atom. The first kappa shape index (κ1) is 21.4. The van der Waals surface area contributed by atoms with Crippen LogP contribution in [0, 0.1) is 11.3 Å². The smallest absolute Gasteiger partial charge is 0.339 e. The maximum atomic E-state index is 13.3. The Labute approximate surface area is 180 Å². The number of ether oxygens (including phenoxy) is 3. The fourth-order valence-corrected chi connectivity index (χ4v) is 3.96. The van der Waals surface area contributed by atoms with Gasteiger partial charge in [0, 0.05) is 15.7 Å². The second-order valence-electron chi connectivity index (χ2n) is 6.35. The van der Waals surface area contributed by atoms with Crippen molar-refractivity contribution >= 4 is 39.5 Å². The van der Waals surface area contributed by atoms with Crippen molar-refractivity contribution in [2.45, 2.75) is 25.7 Å². The van der Waals surface area contributed by atoms with Crippen molar-refractivity contribution in [2.24, 2.45) is 5.73 Å². The molecule has 0 fully saturated rings. The molecule has 1 aromatic rings. The van der Waals surface area contributed by atoms with Crippen LogP contribution in [0.25, 0.3) is 0 Å². The lowest BCUT2D eigenvalue weighted by molar-refractivity contribution is -0.143. The molecule has 0 radical (unpaired) electrons. The molecule has 9 nitrogen and oxygen atoms in total. The molecule has 0 saturated carbocycles. The number of hydrogen-bond donors (Lipinski definition) is 2. The third kappa shape index (κ3) is 3.21. The highest BCUT2D eigenvalue weighted by Crippen LogP contribution is 2.52. The third-order valence-electron chi connectivity index (χ3n) is 4.68. The van der Waals surface area contributed by atoms with Crippen LogP contribution in [0.15, 0.2) is 45.5 Å². The van der Waals surface area contributed by atoms with E-state index in [0.717, 1.165) is 0 Å². The molecule has 1 aromatic carbocycles. The number of nitrogens with two attached hydrogens (primary N) is 1. The van der Waals surface area contributed by atoms with Crippen LogP contribution in [0.1, 0.15) is 25.8 Å². The molecule has 0 aliphatic carbocycles. The molecule has 0 saturated heterocycles. The minimum atomic E-state index is -1.93. The summed E-state index contributed by atoms with van der Waals surface area (Å²) in [7, 11) is 0. The zero-order valence-corrected chi connectivity index (χ0v) is 17.8. The van der Waals surface area contributed by atoms with Gasteiger partial charge in [-0.2, -0.15) is 5.26 Å². The third-order valence-corrected chi connectivity index (χ3v) is 5.18. The number of fused-ring (bicyclic) bond motifs is 2. The van der Waals surface area contributed by atoms with Crippen LogP contribution in [-0.2, 0) is 34.0 Å². The Balaban J connectivity index is 2.37. The molecule has 2 aliphatic heterocycles. The van der Waals surface area contributed by atoms with E-state index in [9.17, 15) is 19.6 Å². The summed E-state index contributed by atoms with van der Waals surface area (Å²) in [6, 6.07) is 6.82. The molecule has 1 amide bonds. The van der Waals surface area contributed by atoms with Gasteiger partial charge in [0.2, 0.25) is 11.8 Å². The molecule has 1 unspecified atom stereocenters. The summed E-state index contributed by atoms with van der Waals surface area (Å²) < 4.78 is 16.2. The van der Waals surface area contributed by atoms with Crippen LogP contribution in [0.2, 0.25) is 0 Å². The summed E-state index contributed by atoms with van der Waals surface area (Å²) in [6.07, 6.45) is -0.472. The number of nitrogens with zero attached hydrogens (tertiary/aromatic N) is 1. The number of nitrogens with one attached hydrogen (secondary N) is 1. The predicted molar refractivity (Wildman–Crippen MR) is 107 cm³/mol. The van der Waals surface area contributed by atoms with Gasteiger partial charge in [-0.3, -0.25) is 9.59 Å². The zero-order chi connectivity index (χ0) is 22.1. The van der Waals surface area contributed by atoms with Crippen LogP contribution in [0.4, 0.5) is 5.69 Å². The lowest BCUT2D eigenvalue weighted by Gasteiger charge is -2.34. The minimum Gasteiger partial charge on any atom is -0.466 e. The molecule has 3 N–H and O–H groups in total. The Bertz CT molecular complexity index is 1060. The van der Waals surface area contributed by atoms with E-state index in [4.69, 9.17) is 19.9 Å². The Morgan fingerprint density at radius 2 is 2.00 bits per heavy atom. The highest BCUT2D eigenvalue weighted by Gasteiger charge is 2.60. The number of amides is 1. The molecule has 0 aromatic heterocycles. The van der Waals surface area contributed by atoms with Gasteiger partial charge in [-0.05, 0) is 32.0 Å². The quantitative estimate of drug-likeness (QED) is 0.616. The van der Waals surface area contributed by atoms with Crippen molar-refractivity contribution in [3.63, 3.8) is 0 Å². The van der Waals surface area contributed by atoms with E-state index >= 15 is 0 Å². The van der Waals surface area contributed by atoms with Gasteiger partial charge in [-0.25, -0.2) is 4.79 Å². The Hall–Kier alpha value is -3.32. The van der Waals surface area contributed by atoms with Gasteiger partial charge < -0.3 is 25.3 Å². The summed E-state index contributed by atoms with van der Waals surface area (Å²) in [4.78, 5) is 38.5. The van der Waals surface area contributed by atoms with E-state index in [0.29, 0.717) is 15.7 Å². The number of benzene rings is 1. The molecule has 1 spiro atoms. The summed E-state index contributed by atoms with van der Waals surface area (Å²) in [5.74, 6) is -2.85. The average molecular weight is 476 g/mol. The summed E-state index contributed by atoms with van der Waals surface area (Å²) in [6.45, 7) is 3.33. The van der Waals surface area contributed by atoms with Crippen LogP contribution in [0.5, 0.6) is 0 Å². The largest absolute Gasteiger partial charge is 0.466 e. The van der Waals surface area contributed by atoms with Crippen LogP contribution in [-0.4, -0.2) is 31.1 Å². The number of hydrogen-bond acceptors (Lipinski definition) is 8. The van der Waals surface area contributed by atoms with Crippen molar-refractivity contribution in [3.05, 3.63) is 51.0 Å². The van der Waals surface area contributed by atoms with Crippen LogP contribution >= 0.6 is 15.9 Å². The normalized spacial score (nSPS) is 19.7. The summed E-state index contributed by atoms with van der Waals surface area (Å²) in [5.41, 5.74) is 4.21. The molecule has 0 bridgehead atoms. The van der Waals surface area contributed by atoms with Crippen molar-refractivity contribution in [1.29, 1.82) is 5.26 Å². The number of halogens is 1. The van der Waals surface area contributed by atoms with Gasteiger partial charge in [0.05, 0.1) is 13.2 Å². The summed E-state index contributed by atoms with van der Waals surface area (Å²) >= 11 is 3.35. The standard InChI is InChI=1S/C20H18BrN3O6/c1-3-28-15(25)8-14-16(18(26)29-4-2)20(12(9-22)17(23)30-14)11-7-10(21)5-6-13(11)24-19(20)27/h5-7H,3-4,8,23H2,1-2H3,(H,24,27). The van der Waals surface area contributed by atoms with E-state index in [2.05, 4.69) is 21.2 Å². The Kier molecular flexibility index (Phi) is 5.85. The average Bonchev–Trinajstić information content (AvgIpc) is 2.94. The lowest BCUT2D eigenvalue weighted by atomic mass is 9.68. The van der Waals surface area contributed by atoms with Crippen LogP contribution < -0.4 is 11.1 Å². The lowest BCUT2D eigenvalue weighted by Crippen LogP contribution is -2.46. The number of esters is 2. The van der Waals surface area contributed by atoms with Crippen molar-refractivity contribution in [2.75, 3.05) is 18.5 Å². The number of carbonyl (C=O) groups is 3. The first-order valence-electron chi connectivity index (χ1n) is 9.07. The number of nitriles is 1. The van der Waals surface area contributed by atoms with E-state index in [-0.39, 0.29) is 36.0 Å². The second kappa shape index (κ2) is 8.20. The molecule has 2 heterocycles. The zero-order valence-electron chi connectivity index (χ0n) is 16.2. The van der Waals surface area contributed by atoms with Gasteiger partial charge in [0.1, 0.15) is 29.4 Å². The molecule has 1 atom stereocenters. The van der Waals surface area contributed by atoms with Gasteiger partial charge in [-0.15, -0.1) is 0 Å². The van der Waals surface area contributed by atoms with E-state index in [1.165, 1.54) is 0 Å². The van der Waals surface area contributed by atoms with Crippen molar-refractivity contribution in [3.8, 4) is 6.07 Å². The molecule has 2 aliphatic rings.